The zero-order valence-electron chi connectivity index (χ0n) is 10.7. The number of rotatable bonds is 5. The Balaban J connectivity index is 2.17. The standard InChI is InChI=1S/C15H15Cl2NOS/c16-12-6-7-13(17)14(8-12)20-10-15(19,9-18)11-4-2-1-3-5-11/h1-8,19H,9-10,18H2. The van der Waals surface area contributed by atoms with E-state index in [0.717, 1.165) is 10.5 Å². The van der Waals surface area contributed by atoms with E-state index in [1.165, 1.54) is 11.8 Å². The van der Waals surface area contributed by atoms with E-state index in [1.807, 2.05) is 30.3 Å². The Hall–Kier alpha value is -0.710. The maximum Gasteiger partial charge on any atom is 0.111 e. The molecule has 0 saturated carbocycles. The number of benzene rings is 2. The Bertz CT molecular complexity index is 579. The van der Waals surface area contributed by atoms with Crippen molar-refractivity contribution < 1.29 is 5.11 Å². The van der Waals surface area contributed by atoms with Crippen molar-refractivity contribution in [1.82, 2.24) is 0 Å². The highest BCUT2D eigenvalue weighted by molar-refractivity contribution is 7.99. The Morgan fingerprint density at radius 3 is 2.45 bits per heavy atom. The van der Waals surface area contributed by atoms with Gasteiger partial charge in [0.1, 0.15) is 5.60 Å². The van der Waals surface area contributed by atoms with Gasteiger partial charge < -0.3 is 10.8 Å². The summed E-state index contributed by atoms with van der Waals surface area (Å²) in [7, 11) is 0. The van der Waals surface area contributed by atoms with E-state index in [1.54, 1.807) is 18.2 Å². The van der Waals surface area contributed by atoms with Crippen LogP contribution in [0.1, 0.15) is 5.56 Å². The molecule has 0 radical (unpaired) electrons. The van der Waals surface area contributed by atoms with Gasteiger partial charge >= 0.3 is 0 Å². The summed E-state index contributed by atoms with van der Waals surface area (Å²) in [4.78, 5) is 0.835. The second-order valence-corrected chi connectivity index (χ2v) is 6.33. The van der Waals surface area contributed by atoms with Crippen molar-refractivity contribution >= 4 is 35.0 Å². The molecule has 2 rings (SSSR count). The second kappa shape index (κ2) is 6.83. The number of thioether (sulfide) groups is 1. The summed E-state index contributed by atoms with van der Waals surface area (Å²) in [6.07, 6.45) is 0. The highest BCUT2D eigenvalue weighted by Crippen LogP contribution is 2.34. The average molecular weight is 328 g/mol. The lowest BCUT2D eigenvalue weighted by atomic mass is 9.96. The van der Waals surface area contributed by atoms with Gasteiger partial charge in [-0.25, -0.2) is 0 Å². The third-order valence-electron chi connectivity index (χ3n) is 3.01. The number of aliphatic hydroxyl groups is 1. The minimum Gasteiger partial charge on any atom is -0.383 e. The lowest BCUT2D eigenvalue weighted by molar-refractivity contribution is 0.0721. The van der Waals surface area contributed by atoms with Gasteiger partial charge in [0.05, 0.1) is 5.02 Å². The van der Waals surface area contributed by atoms with Crippen LogP contribution in [0.4, 0.5) is 0 Å². The second-order valence-electron chi connectivity index (χ2n) is 4.47. The number of hydrogen-bond acceptors (Lipinski definition) is 3. The van der Waals surface area contributed by atoms with Gasteiger partial charge in [-0.3, -0.25) is 0 Å². The Kier molecular flexibility index (Phi) is 5.35. The molecule has 0 bridgehead atoms. The molecule has 2 aromatic carbocycles. The first-order valence-corrected chi connectivity index (χ1v) is 7.85. The zero-order valence-corrected chi connectivity index (χ0v) is 13.1. The predicted octanol–water partition coefficient (Wildman–Crippen LogP) is 3.93. The van der Waals surface area contributed by atoms with E-state index >= 15 is 0 Å². The van der Waals surface area contributed by atoms with Gasteiger partial charge in [0.15, 0.2) is 0 Å². The fraction of sp³-hybridized carbons (Fsp3) is 0.200. The highest BCUT2D eigenvalue weighted by atomic mass is 35.5. The van der Waals surface area contributed by atoms with E-state index in [9.17, 15) is 5.11 Å². The van der Waals surface area contributed by atoms with Gasteiger partial charge in [-0.2, -0.15) is 0 Å². The van der Waals surface area contributed by atoms with E-state index in [4.69, 9.17) is 28.9 Å². The molecule has 2 aromatic rings. The molecule has 0 spiro atoms. The smallest absolute Gasteiger partial charge is 0.111 e. The van der Waals surface area contributed by atoms with Crippen LogP contribution in [0, 0.1) is 0 Å². The van der Waals surface area contributed by atoms with Gasteiger partial charge in [-0.05, 0) is 23.8 Å². The first-order chi connectivity index (χ1) is 9.55. The molecule has 0 aliphatic rings. The molecule has 1 atom stereocenters. The average Bonchev–Trinajstić information content (AvgIpc) is 2.49. The molecule has 0 fully saturated rings. The van der Waals surface area contributed by atoms with Crippen LogP contribution in [-0.4, -0.2) is 17.4 Å². The Labute approximate surface area is 132 Å². The lowest BCUT2D eigenvalue weighted by Gasteiger charge is -2.26. The number of nitrogens with two attached hydrogens (primary N) is 1. The van der Waals surface area contributed by atoms with Crippen LogP contribution >= 0.6 is 35.0 Å². The monoisotopic (exact) mass is 327 g/mol. The summed E-state index contributed by atoms with van der Waals surface area (Å²) >= 11 is 13.5. The van der Waals surface area contributed by atoms with Crippen LogP contribution in [0.25, 0.3) is 0 Å². The molecular formula is C15H15Cl2NOS. The zero-order chi connectivity index (χ0) is 14.6. The summed E-state index contributed by atoms with van der Waals surface area (Å²) in [5, 5.41) is 11.9. The predicted molar refractivity (Wildman–Crippen MR) is 86.6 cm³/mol. The summed E-state index contributed by atoms with van der Waals surface area (Å²) in [6.45, 7) is 0.141. The fourth-order valence-electron chi connectivity index (χ4n) is 1.79. The van der Waals surface area contributed by atoms with Crippen molar-refractivity contribution in [3.8, 4) is 0 Å². The lowest BCUT2D eigenvalue weighted by Crippen LogP contribution is -2.37. The molecule has 0 heterocycles. The molecule has 2 nitrogen and oxygen atoms in total. The molecule has 0 aromatic heterocycles. The first-order valence-electron chi connectivity index (χ1n) is 6.11. The van der Waals surface area contributed by atoms with E-state index in [-0.39, 0.29) is 6.54 Å². The Morgan fingerprint density at radius 1 is 1.10 bits per heavy atom. The molecular weight excluding hydrogens is 313 g/mol. The molecule has 0 aliphatic carbocycles. The SMILES string of the molecule is NCC(O)(CSc1cc(Cl)ccc1Cl)c1ccccc1. The van der Waals surface area contributed by atoms with Crippen molar-refractivity contribution in [3.63, 3.8) is 0 Å². The van der Waals surface area contributed by atoms with Gasteiger partial charge in [0.25, 0.3) is 0 Å². The number of halogens is 2. The molecule has 20 heavy (non-hydrogen) atoms. The van der Waals surface area contributed by atoms with Crippen molar-refractivity contribution in [1.29, 1.82) is 0 Å². The van der Waals surface area contributed by atoms with E-state index in [2.05, 4.69) is 0 Å². The van der Waals surface area contributed by atoms with Gasteiger partial charge in [-0.15, -0.1) is 11.8 Å². The molecule has 1 unspecified atom stereocenters. The quantitative estimate of drug-likeness (QED) is 0.818. The number of hydrogen-bond donors (Lipinski definition) is 2. The molecule has 0 amide bonds. The third-order valence-corrected chi connectivity index (χ3v) is 4.96. The minimum atomic E-state index is -1.09. The van der Waals surface area contributed by atoms with Crippen LogP contribution in [-0.2, 0) is 5.60 Å². The largest absolute Gasteiger partial charge is 0.383 e. The maximum absolute atomic E-state index is 10.7. The van der Waals surface area contributed by atoms with Gasteiger partial charge in [-0.1, -0.05) is 53.5 Å². The van der Waals surface area contributed by atoms with Crippen LogP contribution in [0.15, 0.2) is 53.4 Å². The molecule has 0 saturated heterocycles. The maximum atomic E-state index is 10.7. The van der Waals surface area contributed by atoms with Crippen molar-refractivity contribution in [2.24, 2.45) is 5.73 Å². The summed E-state index contributed by atoms with van der Waals surface area (Å²) < 4.78 is 0. The third kappa shape index (κ3) is 3.68. The highest BCUT2D eigenvalue weighted by Gasteiger charge is 2.27. The van der Waals surface area contributed by atoms with Crippen molar-refractivity contribution in [2.75, 3.05) is 12.3 Å². The van der Waals surface area contributed by atoms with E-state index in [0.29, 0.717) is 15.8 Å². The topological polar surface area (TPSA) is 46.2 Å². The van der Waals surface area contributed by atoms with Gasteiger partial charge in [0, 0.05) is 22.2 Å². The molecule has 0 aliphatic heterocycles. The minimum absolute atomic E-state index is 0.141. The summed E-state index contributed by atoms with van der Waals surface area (Å²) in [6, 6.07) is 14.7. The Morgan fingerprint density at radius 2 is 1.80 bits per heavy atom. The first kappa shape index (κ1) is 15.7. The van der Waals surface area contributed by atoms with Crippen LogP contribution in [0.5, 0.6) is 0 Å². The molecule has 5 heteroatoms. The van der Waals surface area contributed by atoms with E-state index < -0.39 is 5.60 Å². The molecule has 3 N–H and O–H groups in total. The fourth-order valence-corrected chi connectivity index (χ4v) is 3.41. The van der Waals surface area contributed by atoms with Crippen molar-refractivity contribution in [3.05, 3.63) is 64.1 Å². The van der Waals surface area contributed by atoms with Crippen LogP contribution in [0.3, 0.4) is 0 Å². The normalized spacial score (nSPS) is 14.0. The summed E-state index contributed by atoms with van der Waals surface area (Å²) in [5.41, 5.74) is 5.46. The van der Waals surface area contributed by atoms with Crippen molar-refractivity contribution in [2.45, 2.75) is 10.5 Å². The van der Waals surface area contributed by atoms with Crippen LogP contribution in [0.2, 0.25) is 10.0 Å². The summed E-state index contributed by atoms with van der Waals surface area (Å²) in [5.74, 6) is 0.410. The molecule has 106 valence electrons. The van der Waals surface area contributed by atoms with Crippen LogP contribution < -0.4 is 5.73 Å². The van der Waals surface area contributed by atoms with Gasteiger partial charge in [0.2, 0.25) is 0 Å².